The lowest BCUT2D eigenvalue weighted by atomic mass is 9.74. The molecule has 0 bridgehead atoms. The number of hydrogen-bond donors (Lipinski definition) is 1. The Hall–Kier alpha value is -2.55. The van der Waals surface area contributed by atoms with Crippen molar-refractivity contribution < 1.29 is 14.6 Å². The largest absolute Gasteiger partial charge is 0.494 e. The van der Waals surface area contributed by atoms with E-state index in [2.05, 4.69) is 55.5 Å². The van der Waals surface area contributed by atoms with Crippen molar-refractivity contribution in [2.75, 3.05) is 6.61 Å². The molecule has 162 valence electrons. The van der Waals surface area contributed by atoms with Gasteiger partial charge in [-0.1, -0.05) is 74.1 Å². The van der Waals surface area contributed by atoms with Gasteiger partial charge in [-0.25, -0.2) is 0 Å². The molecule has 0 aromatic heterocycles. The second-order valence-electron chi connectivity index (χ2n) is 7.86. The summed E-state index contributed by atoms with van der Waals surface area (Å²) in [5.41, 5.74) is 0.795. The second-order valence-corrected chi connectivity index (χ2v) is 7.86. The Morgan fingerprint density at radius 3 is 2.47 bits per heavy atom. The highest BCUT2D eigenvalue weighted by molar-refractivity contribution is 5.70. The molecule has 3 nitrogen and oxygen atoms in total. The molecule has 0 amide bonds. The van der Waals surface area contributed by atoms with Gasteiger partial charge in [-0.3, -0.25) is 4.79 Å². The van der Waals surface area contributed by atoms with Gasteiger partial charge in [-0.2, -0.15) is 0 Å². The van der Waals surface area contributed by atoms with Gasteiger partial charge in [0, 0.05) is 0 Å². The maximum Gasteiger partial charge on any atom is 0.307 e. The summed E-state index contributed by atoms with van der Waals surface area (Å²) >= 11 is 0. The van der Waals surface area contributed by atoms with Crippen LogP contribution in [-0.4, -0.2) is 17.7 Å². The van der Waals surface area contributed by atoms with Crippen LogP contribution in [0.25, 0.3) is 0 Å². The van der Waals surface area contributed by atoms with Crippen LogP contribution in [0.1, 0.15) is 57.4 Å². The van der Waals surface area contributed by atoms with Crippen LogP contribution in [0.5, 0.6) is 5.75 Å². The van der Waals surface area contributed by atoms with E-state index >= 15 is 0 Å². The zero-order chi connectivity index (χ0) is 21.4. The molecule has 2 rings (SSSR count). The Morgan fingerprint density at radius 1 is 1.07 bits per heavy atom. The average molecular weight is 409 g/mol. The summed E-state index contributed by atoms with van der Waals surface area (Å²) < 4.78 is 5.90. The van der Waals surface area contributed by atoms with Gasteiger partial charge < -0.3 is 9.84 Å². The summed E-state index contributed by atoms with van der Waals surface area (Å²) in [5, 5.41) is 8.84. The van der Waals surface area contributed by atoms with E-state index in [1.165, 1.54) is 19.3 Å². The molecule has 0 aliphatic heterocycles. The number of carboxylic acids is 1. The molecule has 0 heterocycles. The summed E-state index contributed by atoms with van der Waals surface area (Å²) in [6.45, 7) is 2.84. The van der Waals surface area contributed by atoms with Gasteiger partial charge in [0.25, 0.3) is 0 Å². The van der Waals surface area contributed by atoms with Gasteiger partial charge in [-0.05, 0) is 68.1 Å². The van der Waals surface area contributed by atoms with Crippen LogP contribution in [0.4, 0.5) is 0 Å². The molecule has 0 saturated heterocycles. The fourth-order valence-electron chi connectivity index (χ4n) is 3.53. The molecule has 30 heavy (non-hydrogen) atoms. The highest BCUT2D eigenvalue weighted by Gasteiger charge is 2.25. The quantitative estimate of drug-likeness (QED) is 0.207. The first-order valence-electron chi connectivity index (χ1n) is 11.3. The molecule has 1 N–H and O–H groups in total. The minimum atomic E-state index is -0.813. The Bertz CT molecular complexity index is 721. The van der Waals surface area contributed by atoms with E-state index < -0.39 is 5.97 Å². The fraction of sp³-hybridized carbons (Fsp3) is 0.444. The van der Waals surface area contributed by atoms with Gasteiger partial charge in [-0.15, -0.1) is 0 Å². The van der Waals surface area contributed by atoms with Gasteiger partial charge in [0.2, 0.25) is 0 Å². The van der Waals surface area contributed by atoms with Gasteiger partial charge in [0.1, 0.15) is 5.75 Å². The Balaban J connectivity index is 1.73. The van der Waals surface area contributed by atoms with Crippen molar-refractivity contribution in [3.63, 3.8) is 0 Å². The van der Waals surface area contributed by atoms with Gasteiger partial charge in [0.05, 0.1) is 13.0 Å². The third-order valence-corrected chi connectivity index (χ3v) is 5.48. The first kappa shape index (κ1) is 23.7. The van der Waals surface area contributed by atoms with Crippen molar-refractivity contribution in [1.29, 1.82) is 0 Å². The van der Waals surface area contributed by atoms with Crippen LogP contribution < -0.4 is 4.74 Å². The van der Waals surface area contributed by atoms with E-state index in [1.807, 2.05) is 24.3 Å². The maximum absolute atomic E-state index is 10.8. The number of benzene rings is 1. The standard InChI is InChI=1S/C27H36O3/c1-2-3-4-5-6-7-8-9-10-11-13-25(24-14-12-15-24)20-21-30-26-18-16-23(17-19-26)22-27(28)29/h3-4,7-11,13,16-19,24-25H,2,5-6,12,14-15,20-22H2,1H3,(H,28,29)/b4-3-,8-7+,10-9-,13-11+. The highest BCUT2D eigenvalue weighted by Crippen LogP contribution is 2.36. The fourth-order valence-corrected chi connectivity index (χ4v) is 3.53. The number of carbonyl (C=O) groups is 1. The molecule has 1 unspecified atom stereocenters. The molecular formula is C27H36O3. The number of carboxylic acid groups (broad SMARTS) is 1. The van der Waals surface area contributed by atoms with Crippen molar-refractivity contribution in [1.82, 2.24) is 0 Å². The third kappa shape index (κ3) is 9.78. The zero-order valence-electron chi connectivity index (χ0n) is 18.2. The van der Waals surface area contributed by atoms with Crippen molar-refractivity contribution in [2.24, 2.45) is 11.8 Å². The smallest absolute Gasteiger partial charge is 0.307 e. The Morgan fingerprint density at radius 2 is 1.80 bits per heavy atom. The van der Waals surface area contributed by atoms with Gasteiger partial charge >= 0.3 is 5.97 Å². The van der Waals surface area contributed by atoms with Crippen molar-refractivity contribution in [3.05, 3.63) is 78.4 Å². The van der Waals surface area contributed by atoms with Crippen LogP contribution in [0.15, 0.2) is 72.9 Å². The van der Waals surface area contributed by atoms with E-state index in [0.29, 0.717) is 12.5 Å². The van der Waals surface area contributed by atoms with Crippen molar-refractivity contribution in [2.45, 2.75) is 58.3 Å². The number of ether oxygens (including phenoxy) is 1. The van der Waals surface area contributed by atoms with Gasteiger partial charge in [0.15, 0.2) is 0 Å². The number of rotatable bonds is 14. The summed E-state index contributed by atoms with van der Waals surface area (Å²) in [7, 11) is 0. The predicted molar refractivity (Wildman–Crippen MR) is 125 cm³/mol. The minimum Gasteiger partial charge on any atom is -0.494 e. The second kappa shape index (κ2) is 14.4. The molecule has 1 aromatic carbocycles. The van der Waals surface area contributed by atoms with E-state index in [-0.39, 0.29) is 6.42 Å². The number of aliphatic carboxylic acids is 1. The summed E-state index contributed by atoms with van der Waals surface area (Å²) in [4.78, 5) is 10.8. The first-order chi connectivity index (χ1) is 14.7. The summed E-state index contributed by atoms with van der Waals surface area (Å²) in [5.74, 6) is 1.32. The lowest BCUT2D eigenvalue weighted by Gasteiger charge is -2.32. The topological polar surface area (TPSA) is 46.5 Å². The first-order valence-corrected chi connectivity index (χ1v) is 11.3. The normalized spacial score (nSPS) is 16.0. The number of unbranched alkanes of at least 4 members (excludes halogenated alkanes) is 1. The van der Waals surface area contributed by atoms with Crippen LogP contribution >= 0.6 is 0 Å². The number of allylic oxidation sites excluding steroid dienone is 8. The molecule has 1 aliphatic rings. The predicted octanol–water partition coefficient (Wildman–Crippen LogP) is 6.91. The third-order valence-electron chi connectivity index (χ3n) is 5.48. The number of hydrogen-bond acceptors (Lipinski definition) is 2. The molecule has 1 saturated carbocycles. The summed E-state index contributed by atoms with van der Waals surface area (Å²) in [6.07, 6.45) is 25.8. The summed E-state index contributed by atoms with van der Waals surface area (Å²) in [6, 6.07) is 7.37. The molecule has 3 heteroatoms. The Kier molecular flexibility index (Phi) is 11.4. The molecule has 0 spiro atoms. The van der Waals surface area contributed by atoms with Crippen LogP contribution in [0.3, 0.4) is 0 Å². The van der Waals surface area contributed by atoms with E-state index in [1.54, 1.807) is 0 Å². The van der Waals surface area contributed by atoms with Crippen LogP contribution in [-0.2, 0) is 11.2 Å². The lowest BCUT2D eigenvalue weighted by Crippen LogP contribution is -2.22. The Labute approximate surface area is 181 Å². The zero-order valence-corrected chi connectivity index (χ0v) is 18.2. The maximum atomic E-state index is 10.8. The molecule has 1 aromatic rings. The molecule has 1 atom stereocenters. The van der Waals surface area contributed by atoms with E-state index in [4.69, 9.17) is 9.84 Å². The SMILES string of the molecule is CC/C=C\CC/C=C/C=C\C=C\C(CCOc1ccc(CC(=O)O)cc1)C1CCC1. The minimum absolute atomic E-state index is 0.0490. The van der Waals surface area contributed by atoms with E-state index in [0.717, 1.165) is 42.9 Å². The van der Waals surface area contributed by atoms with Crippen molar-refractivity contribution >= 4 is 5.97 Å². The van der Waals surface area contributed by atoms with Crippen LogP contribution in [0, 0.1) is 11.8 Å². The molecular weight excluding hydrogens is 372 g/mol. The molecule has 1 fully saturated rings. The lowest BCUT2D eigenvalue weighted by molar-refractivity contribution is -0.136. The monoisotopic (exact) mass is 408 g/mol. The van der Waals surface area contributed by atoms with E-state index in [9.17, 15) is 4.79 Å². The molecule has 0 radical (unpaired) electrons. The average Bonchev–Trinajstić information content (AvgIpc) is 2.68. The molecule has 1 aliphatic carbocycles. The highest BCUT2D eigenvalue weighted by atomic mass is 16.5. The van der Waals surface area contributed by atoms with Crippen molar-refractivity contribution in [3.8, 4) is 5.75 Å². The van der Waals surface area contributed by atoms with Crippen LogP contribution in [0.2, 0.25) is 0 Å².